The molecule has 0 heterocycles. The van der Waals surface area contributed by atoms with Crippen molar-refractivity contribution in [3.8, 4) is 0 Å². The number of carbonyl (C=O) groups excluding carboxylic acids is 3. The van der Waals surface area contributed by atoms with Gasteiger partial charge in [-0.05, 0) is 19.9 Å². The molecular formula is C16H26N2O4. The van der Waals surface area contributed by atoms with Gasteiger partial charge in [0.15, 0.2) is 0 Å². The Morgan fingerprint density at radius 2 is 1.86 bits per heavy atom. The van der Waals surface area contributed by atoms with Crippen molar-refractivity contribution in [3.63, 3.8) is 0 Å². The van der Waals surface area contributed by atoms with Crippen LogP contribution in [0.1, 0.15) is 40.0 Å². The lowest BCUT2D eigenvalue weighted by atomic mass is 9.77. The van der Waals surface area contributed by atoms with Gasteiger partial charge in [-0.25, -0.2) is 0 Å². The smallest absolute Gasteiger partial charge is 0.309 e. The summed E-state index contributed by atoms with van der Waals surface area (Å²) in [5, 5.41) is 3.15. The molecular weight excluding hydrogens is 284 g/mol. The maximum Gasteiger partial charge on any atom is 0.309 e. The van der Waals surface area contributed by atoms with Crippen LogP contribution in [0.3, 0.4) is 0 Å². The average molecular weight is 310 g/mol. The summed E-state index contributed by atoms with van der Waals surface area (Å²) in [4.78, 5) is 40.7. The average Bonchev–Trinajstić information content (AvgIpc) is 2.49. The molecule has 1 aliphatic carbocycles. The van der Waals surface area contributed by atoms with E-state index in [1.807, 2.05) is 13.8 Å². The van der Waals surface area contributed by atoms with Crippen molar-refractivity contribution in [3.05, 3.63) is 0 Å². The van der Waals surface area contributed by atoms with Gasteiger partial charge in [-0.2, -0.15) is 0 Å². The molecule has 0 amide bonds. The van der Waals surface area contributed by atoms with Crippen LogP contribution in [-0.2, 0) is 19.1 Å². The third-order valence-electron chi connectivity index (χ3n) is 3.71. The molecule has 0 unspecified atom stereocenters. The number of Topliss-reactive ketones (excluding diaryl/α,β-unsaturated/α-hetero) is 2. The summed E-state index contributed by atoms with van der Waals surface area (Å²) in [6, 6.07) is 0. The number of hydrogen-bond acceptors (Lipinski definition) is 6. The summed E-state index contributed by atoms with van der Waals surface area (Å²) in [7, 11) is 0. The van der Waals surface area contributed by atoms with Crippen LogP contribution >= 0.6 is 0 Å². The third-order valence-corrected chi connectivity index (χ3v) is 3.71. The zero-order valence-corrected chi connectivity index (χ0v) is 13.7. The number of likely N-dealkylation sites (N-methyl/N-ethyl adjacent to an activating group) is 1. The highest BCUT2D eigenvalue weighted by Gasteiger charge is 2.40. The van der Waals surface area contributed by atoms with Crippen LogP contribution in [0, 0.1) is 11.8 Å². The Labute approximate surface area is 131 Å². The Morgan fingerprint density at radius 1 is 1.23 bits per heavy atom. The first-order chi connectivity index (χ1) is 10.5. The molecule has 1 N–H and O–H groups in total. The van der Waals surface area contributed by atoms with Crippen LogP contribution in [0.2, 0.25) is 0 Å². The summed E-state index contributed by atoms with van der Waals surface area (Å²) in [5.41, 5.74) is 0.634. The van der Waals surface area contributed by atoms with Crippen molar-refractivity contribution >= 4 is 23.2 Å². The van der Waals surface area contributed by atoms with Gasteiger partial charge >= 0.3 is 5.97 Å². The number of carbonyl (C=O) groups is 3. The van der Waals surface area contributed by atoms with Crippen LogP contribution in [-0.4, -0.2) is 49.5 Å². The minimum Gasteiger partial charge on any atom is -0.466 e. The minimum absolute atomic E-state index is 0.0709. The minimum atomic E-state index is -0.766. The Morgan fingerprint density at radius 3 is 2.36 bits per heavy atom. The van der Waals surface area contributed by atoms with E-state index in [1.165, 1.54) is 0 Å². The Kier molecular flexibility index (Phi) is 7.95. The molecule has 22 heavy (non-hydrogen) atoms. The van der Waals surface area contributed by atoms with E-state index in [0.717, 1.165) is 13.1 Å². The predicted molar refractivity (Wildman–Crippen MR) is 84.0 cm³/mol. The van der Waals surface area contributed by atoms with E-state index >= 15 is 0 Å². The second-order valence-corrected chi connectivity index (χ2v) is 5.30. The number of nitrogens with one attached hydrogen (secondary N) is 1. The fourth-order valence-corrected chi connectivity index (χ4v) is 2.63. The van der Waals surface area contributed by atoms with E-state index in [9.17, 15) is 14.4 Å². The highest BCUT2D eigenvalue weighted by atomic mass is 16.5. The molecule has 0 bridgehead atoms. The molecule has 1 fully saturated rings. The Balaban J connectivity index is 2.73. The van der Waals surface area contributed by atoms with Crippen molar-refractivity contribution in [2.75, 3.05) is 26.2 Å². The highest BCUT2D eigenvalue weighted by molar-refractivity contribution is 6.23. The highest BCUT2D eigenvalue weighted by Crippen LogP contribution is 2.26. The van der Waals surface area contributed by atoms with Crippen molar-refractivity contribution in [2.24, 2.45) is 16.8 Å². The number of hydrogen-bond donors (Lipinski definition) is 1. The number of ketones is 2. The zero-order valence-electron chi connectivity index (χ0n) is 13.7. The zero-order chi connectivity index (χ0) is 16.5. The first kappa shape index (κ1) is 18.5. The Bertz CT molecular complexity index is 427. The largest absolute Gasteiger partial charge is 0.466 e. The fraction of sp³-hybridized carbons (Fsp3) is 0.750. The number of nitrogens with zero attached hydrogens (tertiary/aromatic N) is 1. The van der Waals surface area contributed by atoms with E-state index in [2.05, 4.69) is 10.3 Å². The van der Waals surface area contributed by atoms with Crippen LogP contribution in [0.4, 0.5) is 0 Å². The van der Waals surface area contributed by atoms with E-state index in [0.29, 0.717) is 18.7 Å². The third kappa shape index (κ3) is 5.02. The molecule has 1 saturated carbocycles. The van der Waals surface area contributed by atoms with Gasteiger partial charge in [-0.1, -0.05) is 13.8 Å². The molecule has 0 aromatic carbocycles. The van der Waals surface area contributed by atoms with Crippen molar-refractivity contribution in [2.45, 2.75) is 40.0 Å². The number of esters is 1. The van der Waals surface area contributed by atoms with Gasteiger partial charge in [0, 0.05) is 25.1 Å². The lowest BCUT2D eigenvalue weighted by Crippen LogP contribution is -2.41. The number of aliphatic imine (C=N–C) groups is 1. The van der Waals surface area contributed by atoms with Gasteiger partial charge in [0.05, 0.1) is 19.1 Å². The molecule has 0 aromatic rings. The van der Waals surface area contributed by atoms with Crippen LogP contribution < -0.4 is 5.32 Å². The van der Waals surface area contributed by atoms with Crippen LogP contribution in [0.25, 0.3) is 0 Å². The second-order valence-electron chi connectivity index (χ2n) is 5.30. The quantitative estimate of drug-likeness (QED) is 0.315. The summed E-state index contributed by atoms with van der Waals surface area (Å²) < 4.78 is 4.91. The van der Waals surface area contributed by atoms with Gasteiger partial charge in [-0.3, -0.25) is 19.4 Å². The molecule has 124 valence electrons. The molecule has 6 heteroatoms. The van der Waals surface area contributed by atoms with Crippen LogP contribution in [0.15, 0.2) is 4.99 Å². The Hall–Kier alpha value is -1.56. The fourth-order valence-electron chi connectivity index (χ4n) is 2.63. The summed E-state index contributed by atoms with van der Waals surface area (Å²) >= 11 is 0. The second kappa shape index (κ2) is 9.46. The summed E-state index contributed by atoms with van der Waals surface area (Å²) in [5.74, 6) is -2.27. The summed E-state index contributed by atoms with van der Waals surface area (Å²) in [6.07, 6.45) is 0.710. The molecule has 0 aromatic heterocycles. The molecule has 0 spiro atoms. The first-order valence-electron chi connectivity index (χ1n) is 8.01. The SMILES string of the molecule is CCNCCN=C(CC)C1C(=O)CC(C(=O)OCC)CC1=O. The monoisotopic (exact) mass is 310 g/mol. The maximum absolute atomic E-state index is 12.3. The molecule has 0 saturated heterocycles. The lowest BCUT2D eigenvalue weighted by molar-refractivity contribution is -0.153. The van der Waals surface area contributed by atoms with Gasteiger partial charge in [0.2, 0.25) is 0 Å². The van der Waals surface area contributed by atoms with E-state index < -0.39 is 17.8 Å². The molecule has 0 radical (unpaired) electrons. The molecule has 0 atom stereocenters. The molecule has 0 aliphatic heterocycles. The first-order valence-corrected chi connectivity index (χ1v) is 8.01. The van der Waals surface area contributed by atoms with E-state index in [1.54, 1.807) is 6.92 Å². The standard InChI is InChI=1S/C16H26N2O4/c1-4-12(18-8-7-17-5-2)15-13(19)9-11(10-14(15)20)16(21)22-6-3/h11,15,17H,4-10H2,1-3H3. The van der Waals surface area contributed by atoms with Crippen LogP contribution in [0.5, 0.6) is 0 Å². The van der Waals surface area contributed by atoms with Crippen molar-refractivity contribution in [1.82, 2.24) is 5.32 Å². The van der Waals surface area contributed by atoms with Gasteiger partial charge < -0.3 is 10.1 Å². The topological polar surface area (TPSA) is 84.8 Å². The maximum atomic E-state index is 12.3. The van der Waals surface area contributed by atoms with Gasteiger partial charge in [0.1, 0.15) is 17.5 Å². The van der Waals surface area contributed by atoms with Gasteiger partial charge in [-0.15, -0.1) is 0 Å². The van der Waals surface area contributed by atoms with E-state index in [4.69, 9.17) is 4.74 Å². The normalized spacial score (nSPS) is 22.8. The number of ether oxygens (including phenoxy) is 1. The number of rotatable bonds is 8. The predicted octanol–water partition coefficient (Wildman–Crippen LogP) is 1.17. The van der Waals surface area contributed by atoms with Crippen molar-refractivity contribution in [1.29, 1.82) is 0 Å². The van der Waals surface area contributed by atoms with Crippen molar-refractivity contribution < 1.29 is 19.1 Å². The van der Waals surface area contributed by atoms with E-state index in [-0.39, 0.29) is 31.0 Å². The lowest BCUT2D eigenvalue weighted by Gasteiger charge is -2.25. The van der Waals surface area contributed by atoms with Gasteiger partial charge in [0.25, 0.3) is 0 Å². The molecule has 6 nitrogen and oxygen atoms in total. The molecule has 1 rings (SSSR count). The summed E-state index contributed by atoms with van der Waals surface area (Å²) in [6.45, 7) is 8.00. The molecule has 1 aliphatic rings.